The largest absolute Gasteiger partial charge is 0.490 e. The fourth-order valence-corrected chi connectivity index (χ4v) is 1.94. The van der Waals surface area contributed by atoms with E-state index in [0.717, 1.165) is 12.1 Å². The third-order valence-electron chi connectivity index (χ3n) is 3.17. The highest BCUT2D eigenvalue weighted by Crippen LogP contribution is 2.34. The van der Waals surface area contributed by atoms with E-state index in [0.29, 0.717) is 24.0 Å². The topological polar surface area (TPSA) is 76.8 Å². The Labute approximate surface area is 146 Å². The van der Waals surface area contributed by atoms with Gasteiger partial charge in [-0.3, -0.25) is 15.5 Å². The first-order valence-corrected chi connectivity index (χ1v) is 7.29. The number of hydrazone groups is 1. The summed E-state index contributed by atoms with van der Waals surface area (Å²) < 4.78 is 43.3. The second-order valence-corrected chi connectivity index (χ2v) is 5.03. The molecule has 0 bridgehead atoms. The van der Waals surface area contributed by atoms with Crippen molar-refractivity contribution in [1.82, 2.24) is 0 Å². The molecule has 0 spiro atoms. The van der Waals surface area contributed by atoms with Crippen LogP contribution in [0.15, 0.2) is 60.2 Å². The normalized spacial score (nSPS) is 11.3. The lowest BCUT2D eigenvalue weighted by atomic mass is 10.1. The molecule has 2 aromatic carbocycles. The fourth-order valence-electron chi connectivity index (χ4n) is 1.94. The molecule has 0 aliphatic heterocycles. The maximum atomic E-state index is 12.7. The SMILES string of the molecule is C=CCOc1ccc(/C=N\Nc2ccc(C(F)(F)F)cc2[N+](=O)[O-])cc1. The molecule has 9 heteroatoms. The van der Waals surface area contributed by atoms with E-state index >= 15 is 0 Å². The molecule has 26 heavy (non-hydrogen) atoms. The molecule has 0 unspecified atom stereocenters. The van der Waals surface area contributed by atoms with Crippen molar-refractivity contribution >= 4 is 17.6 Å². The van der Waals surface area contributed by atoms with Crippen molar-refractivity contribution in [3.63, 3.8) is 0 Å². The average molecular weight is 365 g/mol. The Morgan fingerprint density at radius 1 is 1.23 bits per heavy atom. The summed E-state index contributed by atoms with van der Waals surface area (Å²) >= 11 is 0. The number of hydrogen-bond acceptors (Lipinski definition) is 5. The summed E-state index contributed by atoms with van der Waals surface area (Å²) in [5, 5.41) is 14.8. The lowest BCUT2D eigenvalue weighted by Gasteiger charge is -2.08. The fraction of sp³-hybridized carbons (Fsp3) is 0.118. The van der Waals surface area contributed by atoms with Crippen LogP contribution in [0.3, 0.4) is 0 Å². The molecule has 0 saturated carbocycles. The molecule has 2 aromatic rings. The Morgan fingerprint density at radius 2 is 1.92 bits per heavy atom. The van der Waals surface area contributed by atoms with Crippen molar-refractivity contribution in [2.75, 3.05) is 12.0 Å². The summed E-state index contributed by atoms with van der Waals surface area (Å²) in [5.41, 5.74) is 1.08. The zero-order valence-electron chi connectivity index (χ0n) is 13.4. The first-order valence-electron chi connectivity index (χ1n) is 7.29. The van der Waals surface area contributed by atoms with Crippen molar-refractivity contribution in [1.29, 1.82) is 0 Å². The van der Waals surface area contributed by atoms with Crippen LogP contribution in [0.5, 0.6) is 5.75 Å². The van der Waals surface area contributed by atoms with Crippen molar-refractivity contribution in [3.8, 4) is 5.75 Å². The summed E-state index contributed by atoms with van der Waals surface area (Å²) in [4.78, 5) is 10.1. The Kier molecular flexibility index (Phi) is 5.94. The average Bonchev–Trinajstić information content (AvgIpc) is 2.60. The van der Waals surface area contributed by atoms with Crippen LogP contribution >= 0.6 is 0 Å². The van der Waals surface area contributed by atoms with Crippen LogP contribution in [-0.4, -0.2) is 17.7 Å². The van der Waals surface area contributed by atoms with Crippen molar-refractivity contribution in [3.05, 3.63) is 76.4 Å². The van der Waals surface area contributed by atoms with Gasteiger partial charge in [-0.2, -0.15) is 18.3 Å². The number of anilines is 1. The minimum atomic E-state index is -4.66. The molecule has 2 rings (SSSR count). The smallest absolute Gasteiger partial charge is 0.416 e. The number of hydrogen-bond donors (Lipinski definition) is 1. The molecule has 0 aliphatic carbocycles. The molecule has 0 aromatic heterocycles. The number of nitrogens with zero attached hydrogens (tertiary/aromatic N) is 2. The molecule has 0 radical (unpaired) electrons. The van der Waals surface area contributed by atoms with Crippen LogP contribution < -0.4 is 10.2 Å². The van der Waals surface area contributed by atoms with Crippen LogP contribution in [0.1, 0.15) is 11.1 Å². The minimum absolute atomic E-state index is 0.148. The predicted octanol–water partition coefficient (Wildman–Crippen LogP) is 4.62. The second-order valence-electron chi connectivity index (χ2n) is 5.03. The van der Waals surface area contributed by atoms with E-state index in [-0.39, 0.29) is 5.69 Å². The van der Waals surface area contributed by atoms with Gasteiger partial charge in [0, 0.05) is 6.07 Å². The maximum absolute atomic E-state index is 12.7. The minimum Gasteiger partial charge on any atom is -0.490 e. The zero-order chi connectivity index (χ0) is 19.2. The third-order valence-corrected chi connectivity index (χ3v) is 3.17. The van der Waals surface area contributed by atoms with Gasteiger partial charge < -0.3 is 4.74 Å². The predicted molar refractivity (Wildman–Crippen MR) is 91.4 cm³/mol. The highest BCUT2D eigenvalue weighted by atomic mass is 19.4. The van der Waals surface area contributed by atoms with Gasteiger partial charge >= 0.3 is 6.18 Å². The third kappa shape index (κ3) is 5.07. The number of alkyl halides is 3. The van der Waals surface area contributed by atoms with Gasteiger partial charge in [-0.15, -0.1) is 0 Å². The van der Waals surface area contributed by atoms with Crippen molar-refractivity contribution in [2.45, 2.75) is 6.18 Å². The summed E-state index contributed by atoms with van der Waals surface area (Å²) in [6, 6.07) is 8.97. The van der Waals surface area contributed by atoms with Crippen LogP contribution in [0.2, 0.25) is 0 Å². The molecule has 0 heterocycles. The molecule has 0 atom stereocenters. The maximum Gasteiger partial charge on any atom is 0.416 e. The number of nitro benzene ring substituents is 1. The Balaban J connectivity index is 2.12. The van der Waals surface area contributed by atoms with E-state index in [2.05, 4.69) is 17.1 Å². The molecule has 0 fully saturated rings. The number of benzene rings is 2. The van der Waals surface area contributed by atoms with E-state index in [4.69, 9.17) is 4.74 Å². The van der Waals surface area contributed by atoms with Crippen LogP contribution in [0, 0.1) is 10.1 Å². The van der Waals surface area contributed by atoms with Gasteiger partial charge in [-0.1, -0.05) is 12.7 Å². The first-order chi connectivity index (χ1) is 12.3. The van der Waals surface area contributed by atoms with Gasteiger partial charge in [0.1, 0.15) is 18.0 Å². The molecule has 1 N–H and O–H groups in total. The van der Waals surface area contributed by atoms with Gasteiger partial charge in [0.05, 0.1) is 16.7 Å². The van der Waals surface area contributed by atoms with Crippen molar-refractivity contribution in [2.24, 2.45) is 5.10 Å². The number of nitro groups is 1. The standard InChI is InChI=1S/C17H14F3N3O3/c1-2-9-26-14-6-3-12(4-7-14)11-21-22-15-8-5-13(17(18,19)20)10-16(15)23(24)25/h2-8,10-11,22H,1,9H2/b21-11-. The lowest BCUT2D eigenvalue weighted by molar-refractivity contribution is -0.384. The monoisotopic (exact) mass is 365 g/mol. The van der Waals surface area contributed by atoms with E-state index < -0.39 is 22.4 Å². The van der Waals surface area contributed by atoms with E-state index in [1.165, 1.54) is 6.21 Å². The van der Waals surface area contributed by atoms with Gasteiger partial charge in [-0.25, -0.2) is 0 Å². The number of ether oxygens (including phenoxy) is 1. The first kappa shape index (κ1) is 19.0. The molecular formula is C17H14F3N3O3. The number of rotatable bonds is 7. The second kappa shape index (κ2) is 8.15. The van der Waals surface area contributed by atoms with E-state index in [9.17, 15) is 23.3 Å². The molecular weight excluding hydrogens is 351 g/mol. The van der Waals surface area contributed by atoms with Crippen LogP contribution in [0.4, 0.5) is 24.5 Å². The summed E-state index contributed by atoms with van der Waals surface area (Å²) in [7, 11) is 0. The highest BCUT2D eigenvalue weighted by molar-refractivity contribution is 5.80. The molecule has 0 amide bonds. The van der Waals surface area contributed by atoms with E-state index in [1.807, 2.05) is 0 Å². The summed E-state index contributed by atoms with van der Waals surface area (Å²) in [5.74, 6) is 0.633. The molecule has 0 saturated heterocycles. The quantitative estimate of drug-likeness (QED) is 0.336. The van der Waals surface area contributed by atoms with Gasteiger partial charge in [-0.05, 0) is 42.0 Å². The highest BCUT2D eigenvalue weighted by Gasteiger charge is 2.33. The van der Waals surface area contributed by atoms with Crippen LogP contribution in [0.25, 0.3) is 0 Å². The molecule has 0 aliphatic rings. The Bertz CT molecular complexity index is 818. The van der Waals surface area contributed by atoms with Gasteiger partial charge in [0.15, 0.2) is 0 Å². The zero-order valence-corrected chi connectivity index (χ0v) is 13.4. The molecule has 136 valence electrons. The van der Waals surface area contributed by atoms with E-state index in [1.54, 1.807) is 30.3 Å². The summed E-state index contributed by atoms with van der Waals surface area (Å²) in [6.45, 7) is 3.90. The van der Waals surface area contributed by atoms with Crippen LogP contribution in [-0.2, 0) is 6.18 Å². The lowest BCUT2D eigenvalue weighted by Crippen LogP contribution is -2.06. The van der Waals surface area contributed by atoms with Crippen molar-refractivity contribution < 1.29 is 22.8 Å². The Morgan fingerprint density at radius 3 is 2.50 bits per heavy atom. The van der Waals surface area contributed by atoms with Gasteiger partial charge in [0.2, 0.25) is 0 Å². The Hall–Kier alpha value is -3.36. The number of nitrogens with one attached hydrogen (secondary N) is 1. The number of halogens is 3. The summed E-state index contributed by atoms with van der Waals surface area (Å²) in [6.07, 6.45) is -1.68. The van der Waals surface area contributed by atoms with Gasteiger partial charge in [0.25, 0.3) is 5.69 Å². The molecule has 6 nitrogen and oxygen atoms in total.